The lowest BCUT2D eigenvalue weighted by molar-refractivity contribution is 1.67. The molecule has 72 valence electrons. The molecular formula is C10H7Cl2NS. The summed E-state index contributed by atoms with van der Waals surface area (Å²) in [7, 11) is 0. The Morgan fingerprint density at radius 2 is 1.93 bits per heavy atom. The SMILES string of the molecule is Nc1cc(Cl)ccc1-c1sccc1Cl. The zero-order chi connectivity index (χ0) is 10.1. The van der Waals surface area contributed by atoms with Crippen LogP contribution in [0.15, 0.2) is 29.6 Å². The molecule has 0 saturated carbocycles. The Balaban J connectivity index is 2.58. The number of hydrogen-bond donors (Lipinski definition) is 1. The third kappa shape index (κ3) is 1.73. The zero-order valence-electron chi connectivity index (χ0n) is 7.13. The first-order valence-corrected chi connectivity index (χ1v) is 5.60. The second-order valence-corrected chi connectivity index (χ2v) is 4.59. The number of nitrogen functional groups attached to an aromatic ring is 1. The third-order valence-electron chi connectivity index (χ3n) is 1.88. The summed E-state index contributed by atoms with van der Waals surface area (Å²) in [6, 6.07) is 7.28. The lowest BCUT2D eigenvalue weighted by atomic mass is 10.1. The summed E-state index contributed by atoms with van der Waals surface area (Å²) in [6.07, 6.45) is 0. The molecule has 14 heavy (non-hydrogen) atoms. The maximum atomic E-state index is 6.01. The molecule has 0 unspecified atom stereocenters. The van der Waals surface area contributed by atoms with E-state index in [-0.39, 0.29) is 0 Å². The quantitative estimate of drug-likeness (QED) is 0.743. The molecule has 0 radical (unpaired) electrons. The van der Waals surface area contributed by atoms with Crippen molar-refractivity contribution in [3.63, 3.8) is 0 Å². The van der Waals surface area contributed by atoms with Crippen molar-refractivity contribution in [1.29, 1.82) is 0 Å². The number of halogens is 2. The van der Waals surface area contributed by atoms with Crippen LogP contribution < -0.4 is 5.73 Å². The Kier molecular flexibility index (Phi) is 2.68. The van der Waals surface area contributed by atoms with Crippen LogP contribution in [-0.2, 0) is 0 Å². The first-order chi connectivity index (χ1) is 6.68. The van der Waals surface area contributed by atoms with Crippen LogP contribution in [0.5, 0.6) is 0 Å². The molecule has 0 fully saturated rings. The maximum Gasteiger partial charge on any atom is 0.0593 e. The van der Waals surface area contributed by atoms with Gasteiger partial charge < -0.3 is 5.73 Å². The molecule has 4 heteroatoms. The average Bonchev–Trinajstić information content (AvgIpc) is 2.52. The van der Waals surface area contributed by atoms with Crippen molar-refractivity contribution in [2.45, 2.75) is 0 Å². The first kappa shape index (κ1) is 9.84. The highest BCUT2D eigenvalue weighted by atomic mass is 35.5. The number of anilines is 1. The summed E-state index contributed by atoms with van der Waals surface area (Å²) in [5, 5.41) is 3.30. The van der Waals surface area contributed by atoms with Gasteiger partial charge in [-0.05, 0) is 29.6 Å². The molecule has 1 aromatic carbocycles. The molecule has 1 aromatic heterocycles. The molecular weight excluding hydrogens is 237 g/mol. The minimum Gasteiger partial charge on any atom is -0.398 e. The van der Waals surface area contributed by atoms with Gasteiger partial charge in [-0.3, -0.25) is 0 Å². The van der Waals surface area contributed by atoms with Crippen LogP contribution in [0.2, 0.25) is 10.0 Å². The van der Waals surface area contributed by atoms with E-state index in [2.05, 4.69) is 0 Å². The minimum atomic E-state index is 0.638. The Hall–Kier alpha value is -0.700. The van der Waals surface area contributed by atoms with Crippen LogP contribution in [0.3, 0.4) is 0 Å². The van der Waals surface area contributed by atoms with Gasteiger partial charge in [0.15, 0.2) is 0 Å². The van der Waals surface area contributed by atoms with Gasteiger partial charge in [-0.25, -0.2) is 0 Å². The summed E-state index contributed by atoms with van der Waals surface area (Å²) in [5.41, 5.74) is 7.44. The van der Waals surface area contributed by atoms with E-state index in [9.17, 15) is 0 Å². The number of hydrogen-bond acceptors (Lipinski definition) is 2. The van der Waals surface area contributed by atoms with Crippen molar-refractivity contribution in [1.82, 2.24) is 0 Å². The fourth-order valence-electron chi connectivity index (χ4n) is 1.23. The summed E-state index contributed by atoms with van der Waals surface area (Å²) in [5.74, 6) is 0. The summed E-state index contributed by atoms with van der Waals surface area (Å²) in [4.78, 5) is 0.987. The van der Waals surface area contributed by atoms with Crippen molar-refractivity contribution in [2.24, 2.45) is 0 Å². The van der Waals surface area contributed by atoms with Crippen molar-refractivity contribution in [3.8, 4) is 10.4 Å². The fourth-order valence-corrected chi connectivity index (χ4v) is 2.61. The van der Waals surface area contributed by atoms with E-state index >= 15 is 0 Å². The van der Waals surface area contributed by atoms with E-state index in [1.54, 1.807) is 17.4 Å². The Labute approximate surface area is 96.1 Å². The number of rotatable bonds is 1. The summed E-state index contributed by atoms with van der Waals surface area (Å²) >= 11 is 13.4. The molecule has 0 saturated heterocycles. The van der Waals surface area contributed by atoms with Crippen molar-refractivity contribution < 1.29 is 0 Å². The third-order valence-corrected chi connectivity index (χ3v) is 3.49. The summed E-state index contributed by atoms with van der Waals surface area (Å²) < 4.78 is 0. The highest BCUT2D eigenvalue weighted by molar-refractivity contribution is 7.14. The van der Waals surface area contributed by atoms with Gasteiger partial charge in [0.05, 0.1) is 9.90 Å². The number of thiophene rings is 1. The van der Waals surface area contributed by atoms with Gasteiger partial charge in [0, 0.05) is 16.3 Å². The second kappa shape index (κ2) is 3.81. The molecule has 2 N–H and O–H groups in total. The fraction of sp³-hybridized carbons (Fsp3) is 0. The van der Waals surface area contributed by atoms with Gasteiger partial charge in [-0.15, -0.1) is 11.3 Å². The van der Waals surface area contributed by atoms with Crippen LogP contribution in [0.1, 0.15) is 0 Å². The Morgan fingerprint density at radius 1 is 1.14 bits per heavy atom. The molecule has 1 heterocycles. The second-order valence-electron chi connectivity index (χ2n) is 2.83. The standard InChI is InChI=1S/C10H7Cl2NS/c11-6-1-2-7(9(13)5-6)10-8(12)3-4-14-10/h1-5H,13H2. The van der Waals surface area contributed by atoms with Gasteiger partial charge in [0.25, 0.3) is 0 Å². The molecule has 0 aliphatic carbocycles. The summed E-state index contributed by atoms with van der Waals surface area (Å²) in [6.45, 7) is 0. The van der Waals surface area contributed by atoms with Crippen molar-refractivity contribution >= 4 is 40.2 Å². The largest absolute Gasteiger partial charge is 0.398 e. The van der Waals surface area contributed by atoms with E-state index in [1.165, 1.54) is 0 Å². The van der Waals surface area contributed by atoms with Crippen LogP contribution in [-0.4, -0.2) is 0 Å². The molecule has 0 aliphatic heterocycles. The zero-order valence-corrected chi connectivity index (χ0v) is 9.46. The Morgan fingerprint density at radius 3 is 2.50 bits per heavy atom. The predicted octanol–water partition coefficient (Wildman–Crippen LogP) is 4.30. The minimum absolute atomic E-state index is 0.638. The molecule has 0 bridgehead atoms. The van der Waals surface area contributed by atoms with Crippen molar-refractivity contribution in [3.05, 3.63) is 39.7 Å². The van der Waals surface area contributed by atoms with Gasteiger partial charge in [0.2, 0.25) is 0 Å². The van der Waals surface area contributed by atoms with Crippen LogP contribution in [0.25, 0.3) is 10.4 Å². The lowest BCUT2D eigenvalue weighted by Crippen LogP contribution is -1.88. The Bertz CT molecular complexity index is 465. The van der Waals surface area contributed by atoms with E-state index < -0.39 is 0 Å². The van der Waals surface area contributed by atoms with E-state index in [0.29, 0.717) is 10.7 Å². The average molecular weight is 244 g/mol. The normalized spacial score (nSPS) is 10.4. The van der Waals surface area contributed by atoms with Gasteiger partial charge in [-0.2, -0.15) is 0 Å². The monoisotopic (exact) mass is 243 g/mol. The molecule has 0 amide bonds. The van der Waals surface area contributed by atoms with Gasteiger partial charge in [-0.1, -0.05) is 23.2 Å². The lowest BCUT2D eigenvalue weighted by Gasteiger charge is -2.03. The number of benzene rings is 1. The smallest absolute Gasteiger partial charge is 0.0593 e. The van der Waals surface area contributed by atoms with Gasteiger partial charge >= 0.3 is 0 Å². The van der Waals surface area contributed by atoms with Crippen LogP contribution >= 0.6 is 34.5 Å². The van der Waals surface area contributed by atoms with E-state index in [1.807, 2.05) is 23.6 Å². The van der Waals surface area contributed by atoms with E-state index in [0.717, 1.165) is 15.5 Å². The maximum absolute atomic E-state index is 6.01. The topological polar surface area (TPSA) is 26.0 Å². The number of nitrogens with two attached hydrogens (primary N) is 1. The highest BCUT2D eigenvalue weighted by Crippen LogP contribution is 2.37. The van der Waals surface area contributed by atoms with Gasteiger partial charge in [0.1, 0.15) is 0 Å². The molecule has 2 rings (SSSR count). The predicted molar refractivity (Wildman–Crippen MR) is 64.2 cm³/mol. The molecule has 0 atom stereocenters. The molecule has 0 spiro atoms. The molecule has 2 aromatic rings. The van der Waals surface area contributed by atoms with Crippen molar-refractivity contribution in [2.75, 3.05) is 5.73 Å². The molecule has 1 nitrogen and oxygen atoms in total. The van der Waals surface area contributed by atoms with Crippen LogP contribution in [0, 0.1) is 0 Å². The van der Waals surface area contributed by atoms with E-state index in [4.69, 9.17) is 28.9 Å². The first-order valence-electron chi connectivity index (χ1n) is 3.97. The highest BCUT2D eigenvalue weighted by Gasteiger charge is 2.08. The van der Waals surface area contributed by atoms with Crippen LogP contribution in [0.4, 0.5) is 5.69 Å². The molecule has 0 aliphatic rings.